The van der Waals surface area contributed by atoms with Crippen LogP contribution >= 0.6 is 0 Å². The van der Waals surface area contributed by atoms with Crippen LogP contribution in [0.2, 0.25) is 0 Å². The number of carbonyl (C=O) groups is 2. The molecule has 0 aromatic heterocycles. The Morgan fingerprint density at radius 1 is 1.29 bits per heavy atom. The number of Topliss-reactive ketones (excluding diaryl/α,β-unsaturated/α-hetero) is 1. The molecule has 8 nitrogen and oxygen atoms in total. The summed E-state index contributed by atoms with van der Waals surface area (Å²) in [4.78, 5) is 24.3. The topological polar surface area (TPSA) is 155 Å². The predicted octanol–water partition coefficient (Wildman–Crippen LogP) is 0.165. The van der Waals surface area contributed by atoms with Gasteiger partial charge in [0.2, 0.25) is 0 Å². The maximum absolute atomic E-state index is 11.4. The molecule has 0 rings (SSSR count). The third kappa shape index (κ3) is 7.29. The molecule has 0 saturated heterocycles. The van der Waals surface area contributed by atoms with E-state index in [4.69, 9.17) is 22.1 Å². The maximum Gasteiger partial charge on any atom is 0.320 e. The van der Waals surface area contributed by atoms with Crippen molar-refractivity contribution in [1.82, 2.24) is 0 Å². The molecule has 0 spiro atoms. The molecular weight excluding hydrogens is 226 g/mol. The number of aliphatic carboxylic acids is 1. The highest BCUT2D eigenvalue weighted by atomic mass is 16.4. The second-order valence-electron chi connectivity index (χ2n) is 3.65. The van der Waals surface area contributed by atoms with Crippen molar-refractivity contribution < 1.29 is 14.7 Å². The van der Waals surface area contributed by atoms with Gasteiger partial charge in [0.25, 0.3) is 0 Å². The SMILES string of the molecule is [N-]=[N+]=NCCC(=O)C(N)CCCC(N)C(=O)O. The van der Waals surface area contributed by atoms with E-state index in [2.05, 4.69) is 10.0 Å². The lowest BCUT2D eigenvalue weighted by molar-refractivity contribution is -0.138. The van der Waals surface area contributed by atoms with Gasteiger partial charge in [0, 0.05) is 17.9 Å². The number of carboxylic acids is 1. The highest BCUT2D eigenvalue weighted by Crippen LogP contribution is 2.04. The van der Waals surface area contributed by atoms with E-state index in [9.17, 15) is 9.59 Å². The van der Waals surface area contributed by atoms with Crippen LogP contribution in [0.25, 0.3) is 10.4 Å². The zero-order chi connectivity index (χ0) is 13.3. The van der Waals surface area contributed by atoms with Gasteiger partial charge in [-0.3, -0.25) is 9.59 Å². The molecule has 0 aliphatic carbocycles. The second kappa shape index (κ2) is 8.51. The van der Waals surface area contributed by atoms with E-state index < -0.39 is 18.1 Å². The van der Waals surface area contributed by atoms with Crippen LogP contribution in [0.4, 0.5) is 0 Å². The van der Waals surface area contributed by atoms with E-state index >= 15 is 0 Å². The van der Waals surface area contributed by atoms with Crippen LogP contribution < -0.4 is 11.5 Å². The fourth-order valence-electron chi connectivity index (χ4n) is 1.23. The Morgan fingerprint density at radius 3 is 2.41 bits per heavy atom. The van der Waals surface area contributed by atoms with Crippen LogP contribution in [0, 0.1) is 0 Å². The second-order valence-corrected chi connectivity index (χ2v) is 3.65. The largest absolute Gasteiger partial charge is 0.480 e. The van der Waals surface area contributed by atoms with Crippen molar-refractivity contribution in [3.8, 4) is 0 Å². The first-order chi connectivity index (χ1) is 7.99. The van der Waals surface area contributed by atoms with Gasteiger partial charge < -0.3 is 16.6 Å². The first-order valence-electron chi connectivity index (χ1n) is 5.26. The molecule has 0 heterocycles. The molecule has 0 fully saturated rings. The monoisotopic (exact) mass is 243 g/mol. The van der Waals surface area contributed by atoms with Gasteiger partial charge in [-0.15, -0.1) is 0 Å². The van der Waals surface area contributed by atoms with E-state index in [0.29, 0.717) is 12.8 Å². The Morgan fingerprint density at radius 2 is 1.88 bits per heavy atom. The van der Waals surface area contributed by atoms with E-state index in [1.807, 2.05) is 0 Å². The lowest BCUT2D eigenvalue weighted by Crippen LogP contribution is -2.33. The molecule has 0 aliphatic rings. The molecule has 17 heavy (non-hydrogen) atoms. The molecule has 2 unspecified atom stereocenters. The number of nitrogens with zero attached hydrogens (tertiary/aromatic N) is 3. The Kier molecular flexibility index (Phi) is 7.70. The summed E-state index contributed by atoms with van der Waals surface area (Å²) in [6.45, 7) is 0.0949. The van der Waals surface area contributed by atoms with Crippen molar-refractivity contribution in [3.63, 3.8) is 0 Å². The van der Waals surface area contributed by atoms with Crippen molar-refractivity contribution >= 4 is 11.8 Å². The minimum Gasteiger partial charge on any atom is -0.480 e. The van der Waals surface area contributed by atoms with Crippen molar-refractivity contribution in [3.05, 3.63) is 10.4 Å². The normalized spacial score (nSPS) is 13.5. The standard InChI is InChI=1S/C9H17N5O3/c10-6(8(15)4-5-13-14-12)2-1-3-7(11)9(16)17/h6-7H,1-5,10-11H2,(H,16,17). The molecule has 0 bridgehead atoms. The Balaban J connectivity index is 3.77. The van der Waals surface area contributed by atoms with E-state index in [-0.39, 0.29) is 25.2 Å². The minimum atomic E-state index is -1.06. The van der Waals surface area contributed by atoms with Crippen molar-refractivity contribution in [1.29, 1.82) is 0 Å². The number of carboxylic acid groups (broad SMARTS) is 1. The summed E-state index contributed by atoms with van der Waals surface area (Å²) < 4.78 is 0. The Bertz CT molecular complexity index is 314. The van der Waals surface area contributed by atoms with Crippen LogP contribution in [0.3, 0.4) is 0 Å². The molecule has 5 N–H and O–H groups in total. The zero-order valence-electron chi connectivity index (χ0n) is 9.45. The summed E-state index contributed by atoms with van der Waals surface area (Å²) in [6.07, 6.45) is 1.25. The van der Waals surface area contributed by atoms with Crippen molar-refractivity contribution in [2.75, 3.05) is 6.54 Å². The number of hydrogen-bond acceptors (Lipinski definition) is 5. The van der Waals surface area contributed by atoms with Gasteiger partial charge in [0.05, 0.1) is 6.04 Å². The average Bonchev–Trinajstić information content (AvgIpc) is 2.28. The number of rotatable bonds is 9. The number of nitrogens with two attached hydrogens (primary N) is 2. The van der Waals surface area contributed by atoms with Crippen molar-refractivity contribution in [2.24, 2.45) is 16.6 Å². The predicted molar refractivity (Wildman–Crippen MR) is 61.1 cm³/mol. The lowest BCUT2D eigenvalue weighted by atomic mass is 10.0. The number of azide groups is 1. The smallest absolute Gasteiger partial charge is 0.320 e. The number of ketones is 1. The number of hydrogen-bond donors (Lipinski definition) is 3. The summed E-state index contributed by atoms with van der Waals surface area (Å²) in [6, 6.07) is -1.56. The molecule has 0 aromatic rings. The molecule has 96 valence electrons. The Hall–Kier alpha value is -1.63. The third-order valence-corrected chi connectivity index (χ3v) is 2.28. The van der Waals surface area contributed by atoms with Gasteiger partial charge in [0.1, 0.15) is 11.8 Å². The first kappa shape index (κ1) is 15.4. The lowest BCUT2D eigenvalue weighted by Gasteiger charge is -2.10. The molecule has 0 radical (unpaired) electrons. The van der Waals surface area contributed by atoms with E-state index in [1.54, 1.807) is 0 Å². The molecule has 0 aliphatic heterocycles. The fourth-order valence-corrected chi connectivity index (χ4v) is 1.23. The molecule has 8 heteroatoms. The maximum atomic E-state index is 11.4. The summed E-state index contributed by atoms with van der Waals surface area (Å²) in [7, 11) is 0. The summed E-state index contributed by atoms with van der Waals surface area (Å²) in [5, 5.41) is 11.8. The highest BCUT2D eigenvalue weighted by Gasteiger charge is 2.15. The van der Waals surface area contributed by atoms with Gasteiger partial charge in [0.15, 0.2) is 0 Å². The quantitative estimate of drug-likeness (QED) is 0.299. The third-order valence-electron chi connectivity index (χ3n) is 2.28. The average molecular weight is 243 g/mol. The molecule has 0 amide bonds. The van der Waals surface area contributed by atoms with Crippen LogP contribution in [-0.2, 0) is 9.59 Å². The van der Waals surface area contributed by atoms with Gasteiger partial charge in [-0.25, -0.2) is 0 Å². The summed E-state index contributed by atoms with van der Waals surface area (Å²) >= 11 is 0. The molecule has 0 saturated carbocycles. The zero-order valence-corrected chi connectivity index (χ0v) is 9.45. The van der Waals surface area contributed by atoms with Gasteiger partial charge >= 0.3 is 5.97 Å². The highest BCUT2D eigenvalue weighted by molar-refractivity contribution is 5.83. The molecular formula is C9H17N5O3. The van der Waals surface area contributed by atoms with Crippen LogP contribution in [0.5, 0.6) is 0 Å². The van der Waals surface area contributed by atoms with Gasteiger partial charge in [-0.2, -0.15) is 0 Å². The van der Waals surface area contributed by atoms with Crippen LogP contribution in [0.1, 0.15) is 25.7 Å². The van der Waals surface area contributed by atoms with Gasteiger partial charge in [-0.1, -0.05) is 5.11 Å². The van der Waals surface area contributed by atoms with Gasteiger partial charge in [-0.05, 0) is 24.8 Å². The van der Waals surface area contributed by atoms with Crippen LogP contribution in [0.15, 0.2) is 5.11 Å². The van der Waals surface area contributed by atoms with Crippen molar-refractivity contribution in [2.45, 2.75) is 37.8 Å². The molecule has 2 atom stereocenters. The fraction of sp³-hybridized carbons (Fsp3) is 0.778. The summed E-state index contributed by atoms with van der Waals surface area (Å²) in [5.74, 6) is -1.26. The Labute approximate surface area is 98.6 Å². The van der Waals surface area contributed by atoms with E-state index in [1.165, 1.54) is 0 Å². The number of carbonyl (C=O) groups excluding carboxylic acids is 1. The minimum absolute atomic E-state index is 0.0949. The van der Waals surface area contributed by atoms with Crippen LogP contribution in [-0.4, -0.2) is 35.5 Å². The van der Waals surface area contributed by atoms with E-state index in [0.717, 1.165) is 0 Å². The summed E-state index contributed by atoms with van der Waals surface area (Å²) in [5.41, 5.74) is 18.9. The first-order valence-corrected chi connectivity index (χ1v) is 5.26. The molecule has 0 aromatic carbocycles.